The molecule has 0 spiro atoms. The smallest absolute Gasteiger partial charge is 0.410 e. The zero-order chi connectivity index (χ0) is 18.5. The highest BCUT2D eigenvalue weighted by Crippen LogP contribution is 2.38. The first kappa shape index (κ1) is 17.1. The van der Waals surface area contributed by atoms with Gasteiger partial charge in [-0.2, -0.15) is 9.61 Å². The summed E-state index contributed by atoms with van der Waals surface area (Å²) in [7, 11) is 0. The van der Waals surface area contributed by atoms with Crippen molar-refractivity contribution in [3.05, 3.63) is 24.0 Å². The second-order valence-corrected chi connectivity index (χ2v) is 8.11. The Hall–Kier alpha value is -2.35. The number of nitrogens with two attached hydrogens (primary N) is 1. The van der Waals surface area contributed by atoms with E-state index < -0.39 is 5.60 Å². The van der Waals surface area contributed by atoms with Gasteiger partial charge in [0.15, 0.2) is 5.65 Å². The SMILES string of the molecule is CC(C)(C)OC(=O)N1C2COCC1CC(c1cc(N)n3nccc3n1)C2. The molecule has 2 aliphatic heterocycles. The van der Waals surface area contributed by atoms with E-state index in [-0.39, 0.29) is 24.1 Å². The fraction of sp³-hybridized carbons (Fsp3) is 0.611. The van der Waals surface area contributed by atoms with Crippen molar-refractivity contribution < 1.29 is 14.3 Å². The largest absolute Gasteiger partial charge is 0.444 e. The molecule has 140 valence electrons. The molecule has 0 aliphatic carbocycles. The van der Waals surface area contributed by atoms with Crippen LogP contribution in [0.2, 0.25) is 0 Å². The molecular weight excluding hydrogens is 334 g/mol. The maximum atomic E-state index is 12.7. The lowest BCUT2D eigenvalue weighted by atomic mass is 9.83. The lowest BCUT2D eigenvalue weighted by molar-refractivity contribution is -0.0827. The van der Waals surface area contributed by atoms with Crippen LogP contribution in [0.15, 0.2) is 18.3 Å². The molecule has 2 aromatic rings. The summed E-state index contributed by atoms with van der Waals surface area (Å²) >= 11 is 0. The summed E-state index contributed by atoms with van der Waals surface area (Å²) in [5.41, 5.74) is 7.31. The molecule has 1 amide bonds. The number of carbonyl (C=O) groups is 1. The van der Waals surface area contributed by atoms with Crippen LogP contribution < -0.4 is 5.73 Å². The van der Waals surface area contributed by atoms with Crippen molar-refractivity contribution in [1.82, 2.24) is 19.5 Å². The van der Waals surface area contributed by atoms with Crippen molar-refractivity contribution in [3.63, 3.8) is 0 Å². The maximum absolute atomic E-state index is 12.7. The second kappa shape index (κ2) is 6.12. The molecule has 0 radical (unpaired) electrons. The van der Waals surface area contributed by atoms with Gasteiger partial charge in [-0.3, -0.25) is 4.90 Å². The van der Waals surface area contributed by atoms with Gasteiger partial charge in [0.1, 0.15) is 11.4 Å². The quantitative estimate of drug-likeness (QED) is 0.839. The van der Waals surface area contributed by atoms with Gasteiger partial charge in [-0.1, -0.05) is 0 Å². The highest BCUT2D eigenvalue weighted by Gasteiger charge is 2.44. The number of hydrogen-bond acceptors (Lipinski definition) is 6. The van der Waals surface area contributed by atoms with Crippen LogP contribution in [-0.4, -0.2) is 56.5 Å². The lowest BCUT2D eigenvalue weighted by Gasteiger charge is -2.48. The van der Waals surface area contributed by atoms with Crippen molar-refractivity contribution in [2.45, 2.75) is 57.2 Å². The van der Waals surface area contributed by atoms with Crippen molar-refractivity contribution in [2.75, 3.05) is 18.9 Å². The topological polar surface area (TPSA) is 95.0 Å². The first-order chi connectivity index (χ1) is 12.3. The van der Waals surface area contributed by atoms with E-state index in [0.717, 1.165) is 24.2 Å². The van der Waals surface area contributed by atoms with E-state index in [0.29, 0.717) is 19.0 Å². The Morgan fingerprint density at radius 1 is 1.31 bits per heavy atom. The van der Waals surface area contributed by atoms with Gasteiger partial charge in [0.05, 0.1) is 31.5 Å². The molecule has 2 aliphatic rings. The number of fused-ring (bicyclic) bond motifs is 3. The molecule has 4 rings (SSSR count). The summed E-state index contributed by atoms with van der Waals surface area (Å²) in [5, 5.41) is 4.17. The Morgan fingerprint density at radius 2 is 2.00 bits per heavy atom. The second-order valence-electron chi connectivity index (χ2n) is 8.11. The molecule has 2 aromatic heterocycles. The molecule has 4 heterocycles. The van der Waals surface area contributed by atoms with E-state index in [2.05, 4.69) is 5.10 Å². The summed E-state index contributed by atoms with van der Waals surface area (Å²) in [6.45, 7) is 6.71. The zero-order valence-corrected chi connectivity index (χ0v) is 15.4. The molecule has 2 atom stereocenters. The molecule has 0 saturated carbocycles. The van der Waals surface area contributed by atoms with Crippen LogP contribution in [0.3, 0.4) is 0 Å². The number of morpholine rings is 1. The Labute approximate surface area is 152 Å². The predicted octanol–water partition coefficient (Wildman–Crippen LogP) is 2.19. The van der Waals surface area contributed by atoms with Crippen molar-refractivity contribution in [3.8, 4) is 0 Å². The van der Waals surface area contributed by atoms with Gasteiger partial charge < -0.3 is 15.2 Å². The van der Waals surface area contributed by atoms with Gasteiger partial charge in [-0.15, -0.1) is 0 Å². The van der Waals surface area contributed by atoms with Gasteiger partial charge in [0.25, 0.3) is 0 Å². The first-order valence-corrected chi connectivity index (χ1v) is 9.01. The monoisotopic (exact) mass is 359 g/mol. The van der Waals surface area contributed by atoms with Crippen LogP contribution in [0.25, 0.3) is 5.65 Å². The molecule has 2 bridgehead atoms. The summed E-state index contributed by atoms with van der Waals surface area (Å²) in [5.74, 6) is 0.806. The number of amides is 1. The number of anilines is 1. The minimum Gasteiger partial charge on any atom is -0.444 e. The Bertz CT molecular complexity index is 814. The van der Waals surface area contributed by atoms with Gasteiger partial charge in [0.2, 0.25) is 0 Å². The predicted molar refractivity (Wildman–Crippen MR) is 95.8 cm³/mol. The molecule has 26 heavy (non-hydrogen) atoms. The number of nitrogen functional groups attached to an aromatic ring is 1. The van der Waals surface area contributed by atoms with Crippen LogP contribution in [-0.2, 0) is 9.47 Å². The number of piperidine rings is 1. The van der Waals surface area contributed by atoms with Crippen molar-refractivity contribution in [2.24, 2.45) is 0 Å². The average Bonchev–Trinajstić information content (AvgIpc) is 3.01. The zero-order valence-electron chi connectivity index (χ0n) is 15.4. The van der Waals surface area contributed by atoms with Gasteiger partial charge >= 0.3 is 6.09 Å². The molecule has 8 nitrogen and oxygen atoms in total. The standard InChI is InChI=1S/C18H25N5O3/c1-18(2,3)26-17(24)22-12-6-11(7-13(22)10-25-9-12)14-8-15(19)23-16(21-14)4-5-20-23/h4-5,8,11-13H,6-7,9-10,19H2,1-3H3. The number of carbonyl (C=O) groups excluding carboxylic acids is 1. The number of rotatable bonds is 1. The normalized spacial score (nSPS) is 26.1. The Kier molecular flexibility index (Phi) is 4.02. The summed E-state index contributed by atoms with van der Waals surface area (Å²) in [4.78, 5) is 19.3. The highest BCUT2D eigenvalue weighted by atomic mass is 16.6. The van der Waals surface area contributed by atoms with Crippen LogP contribution in [0.4, 0.5) is 10.6 Å². The third-order valence-electron chi connectivity index (χ3n) is 4.95. The Morgan fingerprint density at radius 3 is 2.65 bits per heavy atom. The lowest BCUT2D eigenvalue weighted by Crippen LogP contribution is -2.59. The molecule has 2 fully saturated rings. The van der Waals surface area contributed by atoms with E-state index in [1.165, 1.54) is 0 Å². The number of hydrogen-bond donors (Lipinski definition) is 1. The average molecular weight is 359 g/mol. The number of nitrogens with zero attached hydrogens (tertiary/aromatic N) is 4. The van der Waals surface area contributed by atoms with Crippen LogP contribution in [0.5, 0.6) is 0 Å². The van der Waals surface area contributed by atoms with E-state index in [4.69, 9.17) is 20.2 Å². The van der Waals surface area contributed by atoms with E-state index >= 15 is 0 Å². The molecule has 2 N–H and O–H groups in total. The minimum atomic E-state index is -0.508. The van der Waals surface area contributed by atoms with Gasteiger partial charge in [-0.25, -0.2) is 9.78 Å². The number of aromatic nitrogens is 3. The van der Waals surface area contributed by atoms with E-state index in [1.54, 1.807) is 10.7 Å². The molecular formula is C18H25N5O3. The van der Waals surface area contributed by atoms with Crippen molar-refractivity contribution >= 4 is 17.6 Å². The molecule has 2 saturated heterocycles. The highest BCUT2D eigenvalue weighted by molar-refractivity contribution is 5.69. The summed E-state index contributed by atoms with van der Waals surface area (Å²) < 4.78 is 12.9. The van der Waals surface area contributed by atoms with Crippen LogP contribution in [0, 0.1) is 0 Å². The molecule has 2 unspecified atom stereocenters. The fourth-order valence-corrected chi connectivity index (χ4v) is 3.94. The molecule has 0 aromatic carbocycles. The fourth-order valence-electron chi connectivity index (χ4n) is 3.94. The Balaban J connectivity index is 1.58. The van der Waals surface area contributed by atoms with Crippen LogP contribution >= 0.6 is 0 Å². The third-order valence-corrected chi connectivity index (χ3v) is 4.95. The van der Waals surface area contributed by atoms with Crippen molar-refractivity contribution in [1.29, 1.82) is 0 Å². The first-order valence-electron chi connectivity index (χ1n) is 9.01. The number of ether oxygens (including phenoxy) is 2. The molecule has 8 heteroatoms. The maximum Gasteiger partial charge on any atom is 0.410 e. The summed E-state index contributed by atoms with van der Waals surface area (Å²) in [6.07, 6.45) is 3.00. The van der Waals surface area contributed by atoms with E-state index in [1.807, 2.05) is 37.8 Å². The van der Waals surface area contributed by atoms with Crippen LogP contribution in [0.1, 0.15) is 45.2 Å². The summed E-state index contributed by atoms with van der Waals surface area (Å²) in [6, 6.07) is 3.72. The van der Waals surface area contributed by atoms with E-state index in [9.17, 15) is 4.79 Å². The van der Waals surface area contributed by atoms with Gasteiger partial charge in [0, 0.05) is 23.7 Å². The van der Waals surface area contributed by atoms with Gasteiger partial charge in [-0.05, 0) is 33.6 Å². The minimum absolute atomic E-state index is 0.00786. The third kappa shape index (κ3) is 3.09.